The van der Waals surface area contributed by atoms with Gasteiger partial charge in [-0.15, -0.1) is 11.6 Å². The van der Waals surface area contributed by atoms with Crippen molar-refractivity contribution in [2.45, 2.75) is 24.6 Å². The Hall–Kier alpha value is -0.980. The highest BCUT2D eigenvalue weighted by atomic mass is 35.5. The van der Waals surface area contributed by atoms with Crippen molar-refractivity contribution in [2.75, 3.05) is 0 Å². The summed E-state index contributed by atoms with van der Waals surface area (Å²) < 4.78 is 0. The lowest BCUT2D eigenvalue weighted by Gasteiger charge is -2.28. The monoisotopic (exact) mass is 290 g/mol. The van der Waals surface area contributed by atoms with Gasteiger partial charge in [0, 0.05) is 5.02 Å². The van der Waals surface area contributed by atoms with Crippen molar-refractivity contribution in [2.24, 2.45) is 5.92 Å². The number of halogens is 2. The van der Waals surface area contributed by atoms with Gasteiger partial charge in [-0.2, -0.15) is 0 Å². The molecule has 0 spiro atoms. The number of hydrogen-bond acceptors (Lipinski definition) is 0. The zero-order valence-corrected chi connectivity index (χ0v) is 12.2. The van der Waals surface area contributed by atoms with E-state index in [1.54, 1.807) is 0 Å². The van der Waals surface area contributed by atoms with Crippen molar-refractivity contribution >= 4 is 23.2 Å². The Balaban J connectivity index is 1.79. The molecule has 0 radical (unpaired) electrons. The number of rotatable bonds is 2. The fourth-order valence-electron chi connectivity index (χ4n) is 2.89. The Kier molecular flexibility index (Phi) is 3.81. The summed E-state index contributed by atoms with van der Waals surface area (Å²) in [6, 6.07) is 16.6. The van der Waals surface area contributed by atoms with Crippen LogP contribution < -0.4 is 0 Å². The fourth-order valence-corrected chi connectivity index (χ4v) is 3.38. The van der Waals surface area contributed by atoms with E-state index in [0.717, 1.165) is 24.3 Å². The summed E-state index contributed by atoms with van der Waals surface area (Å²) in [7, 11) is 0. The van der Waals surface area contributed by atoms with E-state index < -0.39 is 0 Å². The third-order valence-corrected chi connectivity index (χ3v) is 4.85. The van der Waals surface area contributed by atoms with Gasteiger partial charge in [0.1, 0.15) is 0 Å². The summed E-state index contributed by atoms with van der Waals surface area (Å²) in [5.41, 5.74) is 4.12. The van der Waals surface area contributed by atoms with Crippen LogP contribution in [0.2, 0.25) is 5.02 Å². The molecule has 98 valence electrons. The topological polar surface area (TPSA) is 0 Å². The number of fused-ring (bicyclic) bond motifs is 1. The molecule has 2 heteroatoms. The molecule has 0 amide bonds. The van der Waals surface area contributed by atoms with Crippen LogP contribution in [0, 0.1) is 5.92 Å². The Morgan fingerprint density at radius 1 is 0.947 bits per heavy atom. The van der Waals surface area contributed by atoms with Crippen molar-refractivity contribution < 1.29 is 0 Å². The van der Waals surface area contributed by atoms with E-state index in [2.05, 4.69) is 24.3 Å². The summed E-state index contributed by atoms with van der Waals surface area (Å²) in [6.45, 7) is 0. The average Bonchev–Trinajstić information content (AvgIpc) is 2.47. The molecule has 0 aromatic heterocycles. The van der Waals surface area contributed by atoms with Gasteiger partial charge < -0.3 is 0 Å². The van der Waals surface area contributed by atoms with Crippen molar-refractivity contribution in [3.63, 3.8) is 0 Å². The molecule has 0 N–H and O–H groups in total. The molecule has 0 saturated heterocycles. The van der Waals surface area contributed by atoms with Gasteiger partial charge in [-0.25, -0.2) is 0 Å². The second-order valence-corrected chi connectivity index (χ2v) is 6.13. The molecule has 0 bridgehead atoms. The standard InChI is InChI=1S/C17H16Cl2/c18-16-9-7-13(8-10-16)17(19)15-6-5-12-3-1-2-4-14(12)11-15/h1-4,7-10,15,17H,5-6,11H2. The van der Waals surface area contributed by atoms with E-state index in [1.807, 2.05) is 24.3 Å². The average molecular weight is 291 g/mol. The van der Waals surface area contributed by atoms with Crippen LogP contribution in [0.15, 0.2) is 48.5 Å². The van der Waals surface area contributed by atoms with E-state index in [1.165, 1.54) is 16.7 Å². The van der Waals surface area contributed by atoms with Crippen LogP contribution in [-0.4, -0.2) is 0 Å². The molecule has 0 nitrogen and oxygen atoms in total. The van der Waals surface area contributed by atoms with Gasteiger partial charge in [-0.3, -0.25) is 0 Å². The number of benzene rings is 2. The number of alkyl halides is 1. The van der Waals surface area contributed by atoms with Gasteiger partial charge in [0.05, 0.1) is 5.38 Å². The lowest BCUT2D eigenvalue weighted by atomic mass is 9.80. The van der Waals surface area contributed by atoms with Gasteiger partial charge >= 0.3 is 0 Å². The first kappa shape index (κ1) is 13.0. The molecule has 0 saturated carbocycles. The first-order valence-electron chi connectivity index (χ1n) is 6.70. The normalized spacial score (nSPS) is 19.8. The summed E-state index contributed by atoms with van der Waals surface area (Å²) >= 11 is 12.6. The van der Waals surface area contributed by atoms with Crippen LogP contribution in [-0.2, 0) is 12.8 Å². The zero-order chi connectivity index (χ0) is 13.2. The SMILES string of the molecule is Clc1ccc(C(Cl)C2CCc3ccccc3C2)cc1. The lowest BCUT2D eigenvalue weighted by Crippen LogP contribution is -2.18. The second-order valence-electron chi connectivity index (χ2n) is 5.22. The van der Waals surface area contributed by atoms with E-state index >= 15 is 0 Å². The minimum atomic E-state index is 0.0747. The minimum Gasteiger partial charge on any atom is -0.118 e. The van der Waals surface area contributed by atoms with Gasteiger partial charge in [0.2, 0.25) is 0 Å². The molecule has 1 aliphatic carbocycles. The van der Waals surface area contributed by atoms with Gasteiger partial charge in [-0.05, 0) is 54.0 Å². The second kappa shape index (κ2) is 5.56. The molecule has 0 heterocycles. The predicted octanol–water partition coefficient (Wildman–Crippen LogP) is 5.43. The predicted molar refractivity (Wildman–Crippen MR) is 82.0 cm³/mol. The third kappa shape index (κ3) is 2.80. The lowest BCUT2D eigenvalue weighted by molar-refractivity contribution is 0.443. The molecular formula is C17H16Cl2. The first-order chi connectivity index (χ1) is 9.24. The van der Waals surface area contributed by atoms with Crippen LogP contribution in [0.4, 0.5) is 0 Å². The summed E-state index contributed by atoms with van der Waals surface area (Å²) in [6.07, 6.45) is 3.37. The van der Waals surface area contributed by atoms with E-state index in [-0.39, 0.29) is 5.38 Å². The quantitative estimate of drug-likeness (QED) is 0.648. The maximum atomic E-state index is 6.66. The van der Waals surface area contributed by atoms with Crippen molar-refractivity contribution in [1.82, 2.24) is 0 Å². The maximum Gasteiger partial charge on any atom is 0.0616 e. The van der Waals surface area contributed by atoms with Crippen LogP contribution in [0.3, 0.4) is 0 Å². The van der Waals surface area contributed by atoms with Gasteiger partial charge in [0.15, 0.2) is 0 Å². The Bertz CT molecular complexity index is 560. The van der Waals surface area contributed by atoms with Crippen molar-refractivity contribution in [3.8, 4) is 0 Å². The Labute approximate surface area is 124 Å². The molecule has 1 aliphatic rings. The molecule has 0 aliphatic heterocycles. The van der Waals surface area contributed by atoms with E-state index in [4.69, 9.17) is 23.2 Å². The molecule has 2 unspecified atom stereocenters. The van der Waals surface area contributed by atoms with E-state index in [0.29, 0.717) is 5.92 Å². The zero-order valence-electron chi connectivity index (χ0n) is 10.7. The molecule has 3 rings (SSSR count). The maximum absolute atomic E-state index is 6.66. The molecule has 19 heavy (non-hydrogen) atoms. The highest BCUT2D eigenvalue weighted by Gasteiger charge is 2.25. The van der Waals surface area contributed by atoms with E-state index in [9.17, 15) is 0 Å². The summed E-state index contributed by atoms with van der Waals surface area (Å²) in [4.78, 5) is 0. The molecule has 0 fully saturated rings. The molecular weight excluding hydrogens is 275 g/mol. The summed E-state index contributed by atoms with van der Waals surface area (Å²) in [5, 5.41) is 0.840. The number of aryl methyl sites for hydroxylation is 1. The van der Waals surface area contributed by atoms with Crippen molar-refractivity contribution in [1.29, 1.82) is 0 Å². The minimum absolute atomic E-state index is 0.0747. The molecule has 2 aromatic rings. The van der Waals surface area contributed by atoms with Crippen LogP contribution in [0.25, 0.3) is 0 Å². The fraction of sp³-hybridized carbons (Fsp3) is 0.294. The highest BCUT2D eigenvalue weighted by Crippen LogP contribution is 2.38. The van der Waals surface area contributed by atoms with Gasteiger partial charge in [0.25, 0.3) is 0 Å². The first-order valence-corrected chi connectivity index (χ1v) is 7.52. The van der Waals surface area contributed by atoms with Crippen LogP contribution in [0.5, 0.6) is 0 Å². The smallest absolute Gasteiger partial charge is 0.0616 e. The Morgan fingerprint density at radius 2 is 1.63 bits per heavy atom. The summed E-state index contributed by atoms with van der Waals surface area (Å²) in [5.74, 6) is 0.512. The third-order valence-electron chi connectivity index (χ3n) is 3.99. The number of hydrogen-bond donors (Lipinski definition) is 0. The van der Waals surface area contributed by atoms with Crippen molar-refractivity contribution in [3.05, 3.63) is 70.2 Å². The molecule has 2 aromatic carbocycles. The molecule has 2 atom stereocenters. The van der Waals surface area contributed by atoms with Crippen LogP contribution in [0.1, 0.15) is 28.5 Å². The van der Waals surface area contributed by atoms with Crippen LogP contribution >= 0.6 is 23.2 Å². The highest BCUT2D eigenvalue weighted by molar-refractivity contribution is 6.30. The van der Waals surface area contributed by atoms with Gasteiger partial charge in [-0.1, -0.05) is 48.0 Å². The Morgan fingerprint density at radius 3 is 2.37 bits per heavy atom. The largest absolute Gasteiger partial charge is 0.118 e.